The summed E-state index contributed by atoms with van der Waals surface area (Å²) in [5, 5.41) is 4.92. The Morgan fingerprint density at radius 3 is 3.00 bits per heavy atom. The van der Waals surface area contributed by atoms with Crippen LogP contribution in [0.15, 0.2) is 30.6 Å². The summed E-state index contributed by atoms with van der Waals surface area (Å²) >= 11 is 7.61. The Kier molecular flexibility index (Phi) is 2.19. The van der Waals surface area contributed by atoms with Crippen LogP contribution < -0.4 is 0 Å². The fraction of sp³-hybridized carbons (Fsp3) is 0.0909. The van der Waals surface area contributed by atoms with Crippen molar-refractivity contribution < 1.29 is 0 Å². The van der Waals surface area contributed by atoms with E-state index in [0.29, 0.717) is 0 Å². The Morgan fingerprint density at radius 1 is 1.38 bits per heavy atom. The molecule has 16 heavy (non-hydrogen) atoms. The molecule has 0 unspecified atom stereocenters. The third-order valence-corrected chi connectivity index (χ3v) is 3.87. The third-order valence-electron chi connectivity index (χ3n) is 2.44. The van der Waals surface area contributed by atoms with E-state index in [4.69, 9.17) is 11.6 Å². The van der Waals surface area contributed by atoms with E-state index >= 15 is 0 Å². The molecule has 3 aromatic rings. The maximum atomic E-state index is 5.99. The molecule has 0 amide bonds. The van der Waals surface area contributed by atoms with Crippen LogP contribution in [0.3, 0.4) is 0 Å². The van der Waals surface area contributed by atoms with Crippen LogP contribution in [0.5, 0.6) is 0 Å². The number of hydrogen-bond acceptors (Lipinski definition) is 3. The van der Waals surface area contributed by atoms with Crippen molar-refractivity contribution in [2.45, 2.75) is 6.92 Å². The molecule has 3 nitrogen and oxygen atoms in total. The maximum absolute atomic E-state index is 5.99. The molecule has 0 spiro atoms. The van der Waals surface area contributed by atoms with Crippen LogP contribution in [0.25, 0.3) is 15.4 Å². The molecule has 0 radical (unpaired) electrons. The van der Waals surface area contributed by atoms with Crippen molar-refractivity contribution in [3.05, 3.63) is 41.3 Å². The average molecular weight is 250 g/mol. The van der Waals surface area contributed by atoms with E-state index in [1.807, 2.05) is 35.7 Å². The molecule has 0 saturated carbocycles. The Bertz CT molecular complexity index is 656. The first kappa shape index (κ1) is 9.81. The highest BCUT2D eigenvalue weighted by Crippen LogP contribution is 2.32. The van der Waals surface area contributed by atoms with E-state index in [1.165, 1.54) is 0 Å². The minimum atomic E-state index is 0.746. The first-order valence-electron chi connectivity index (χ1n) is 4.81. The summed E-state index contributed by atoms with van der Waals surface area (Å²) in [6.07, 6.45) is 1.57. The van der Waals surface area contributed by atoms with Crippen LogP contribution >= 0.6 is 22.9 Å². The Labute approximate surface area is 101 Å². The maximum Gasteiger partial charge on any atom is 0.212 e. The lowest BCUT2D eigenvalue weighted by Crippen LogP contribution is -1.87. The van der Waals surface area contributed by atoms with Crippen LogP contribution in [0.2, 0.25) is 5.02 Å². The minimum absolute atomic E-state index is 0.746. The zero-order valence-electron chi connectivity index (χ0n) is 8.51. The van der Waals surface area contributed by atoms with Gasteiger partial charge in [-0.15, -0.1) is 0 Å². The van der Waals surface area contributed by atoms with E-state index in [1.54, 1.807) is 17.7 Å². The molecule has 1 aromatic carbocycles. The summed E-state index contributed by atoms with van der Waals surface area (Å²) in [7, 11) is 0. The van der Waals surface area contributed by atoms with Gasteiger partial charge in [0, 0.05) is 5.02 Å². The molecule has 5 heteroatoms. The smallest absolute Gasteiger partial charge is 0.208 e. The molecular formula is C11H8ClN3S. The molecule has 0 atom stereocenters. The normalized spacial score (nSPS) is 11.1. The number of halogens is 1. The van der Waals surface area contributed by atoms with E-state index in [0.717, 1.165) is 26.1 Å². The van der Waals surface area contributed by atoms with Gasteiger partial charge in [-0.1, -0.05) is 35.1 Å². The molecule has 3 rings (SSSR count). The fourth-order valence-electron chi connectivity index (χ4n) is 1.69. The Hall–Kier alpha value is -1.39. The van der Waals surface area contributed by atoms with Crippen molar-refractivity contribution >= 4 is 27.9 Å². The minimum Gasteiger partial charge on any atom is -0.208 e. The van der Waals surface area contributed by atoms with Crippen molar-refractivity contribution in [1.29, 1.82) is 0 Å². The van der Waals surface area contributed by atoms with Crippen molar-refractivity contribution in [2.75, 3.05) is 0 Å². The molecule has 0 N–H and O–H groups in total. The monoisotopic (exact) mass is 249 g/mol. The number of rotatable bonds is 1. The van der Waals surface area contributed by atoms with Gasteiger partial charge in [0.2, 0.25) is 4.96 Å². The zero-order valence-corrected chi connectivity index (χ0v) is 10.1. The molecule has 2 aromatic heterocycles. The first-order chi connectivity index (χ1) is 7.75. The molecule has 0 aliphatic rings. The third kappa shape index (κ3) is 1.42. The molecule has 0 aliphatic carbocycles. The standard InChI is InChI=1S/C11H8ClN3S/c1-7-10(8-3-2-4-9(12)5-8)16-11-13-6-14-15(7)11/h2-6H,1H3. The summed E-state index contributed by atoms with van der Waals surface area (Å²) < 4.78 is 1.85. The van der Waals surface area contributed by atoms with Gasteiger partial charge in [0.1, 0.15) is 6.33 Å². The molecule has 0 fully saturated rings. The molecule has 80 valence electrons. The number of hydrogen-bond donors (Lipinski definition) is 0. The van der Waals surface area contributed by atoms with Gasteiger partial charge in [-0.25, -0.2) is 9.50 Å². The van der Waals surface area contributed by atoms with Gasteiger partial charge in [0.05, 0.1) is 10.6 Å². The van der Waals surface area contributed by atoms with Crippen LogP contribution in [0.1, 0.15) is 5.69 Å². The number of aryl methyl sites for hydroxylation is 1. The highest BCUT2D eigenvalue weighted by atomic mass is 35.5. The van der Waals surface area contributed by atoms with E-state index in [-0.39, 0.29) is 0 Å². The van der Waals surface area contributed by atoms with Crippen LogP contribution in [0.4, 0.5) is 0 Å². The largest absolute Gasteiger partial charge is 0.212 e. The predicted octanol–water partition coefficient (Wildman–Crippen LogP) is 3.42. The lowest BCUT2D eigenvalue weighted by atomic mass is 10.2. The molecule has 0 saturated heterocycles. The summed E-state index contributed by atoms with van der Waals surface area (Å²) in [4.78, 5) is 6.26. The van der Waals surface area contributed by atoms with Crippen molar-refractivity contribution in [3.63, 3.8) is 0 Å². The van der Waals surface area contributed by atoms with E-state index in [2.05, 4.69) is 10.1 Å². The summed E-state index contributed by atoms with van der Waals surface area (Å²) in [5.41, 5.74) is 2.21. The highest BCUT2D eigenvalue weighted by molar-refractivity contribution is 7.20. The SMILES string of the molecule is Cc1c(-c2cccc(Cl)c2)sc2ncnn12. The molecule has 2 heterocycles. The summed E-state index contributed by atoms with van der Waals surface area (Å²) in [6, 6.07) is 7.83. The fourth-order valence-corrected chi connectivity index (χ4v) is 2.91. The summed E-state index contributed by atoms with van der Waals surface area (Å²) in [6.45, 7) is 2.04. The van der Waals surface area contributed by atoms with Gasteiger partial charge in [-0.2, -0.15) is 5.10 Å². The predicted molar refractivity (Wildman–Crippen MR) is 66.0 cm³/mol. The van der Waals surface area contributed by atoms with E-state index in [9.17, 15) is 0 Å². The zero-order chi connectivity index (χ0) is 11.1. The van der Waals surface area contributed by atoms with Gasteiger partial charge in [-0.05, 0) is 24.6 Å². The molecular weight excluding hydrogens is 242 g/mol. The number of aromatic nitrogens is 3. The second-order valence-electron chi connectivity index (χ2n) is 3.48. The second-order valence-corrected chi connectivity index (χ2v) is 4.90. The Morgan fingerprint density at radius 2 is 2.25 bits per heavy atom. The second kappa shape index (κ2) is 3.57. The van der Waals surface area contributed by atoms with Gasteiger partial charge < -0.3 is 0 Å². The number of fused-ring (bicyclic) bond motifs is 1. The van der Waals surface area contributed by atoms with Gasteiger partial charge in [-0.3, -0.25) is 0 Å². The van der Waals surface area contributed by atoms with Crippen molar-refractivity contribution in [1.82, 2.24) is 14.6 Å². The van der Waals surface area contributed by atoms with Crippen LogP contribution in [-0.4, -0.2) is 14.6 Å². The number of nitrogens with zero attached hydrogens (tertiary/aromatic N) is 3. The van der Waals surface area contributed by atoms with Crippen molar-refractivity contribution in [2.24, 2.45) is 0 Å². The lowest BCUT2D eigenvalue weighted by molar-refractivity contribution is 0.933. The van der Waals surface area contributed by atoms with E-state index < -0.39 is 0 Å². The van der Waals surface area contributed by atoms with Gasteiger partial charge in [0.25, 0.3) is 0 Å². The van der Waals surface area contributed by atoms with Crippen LogP contribution in [-0.2, 0) is 0 Å². The van der Waals surface area contributed by atoms with Gasteiger partial charge >= 0.3 is 0 Å². The average Bonchev–Trinajstić information content (AvgIpc) is 2.82. The number of benzene rings is 1. The lowest BCUT2D eigenvalue weighted by Gasteiger charge is -1.99. The highest BCUT2D eigenvalue weighted by Gasteiger charge is 2.11. The van der Waals surface area contributed by atoms with Crippen molar-refractivity contribution in [3.8, 4) is 10.4 Å². The molecule has 0 aliphatic heterocycles. The van der Waals surface area contributed by atoms with Crippen LogP contribution in [0, 0.1) is 6.92 Å². The number of thiazole rings is 1. The quantitative estimate of drug-likeness (QED) is 0.662. The topological polar surface area (TPSA) is 30.2 Å². The Balaban J connectivity index is 2.25. The summed E-state index contributed by atoms with van der Waals surface area (Å²) in [5.74, 6) is 0. The van der Waals surface area contributed by atoms with Gasteiger partial charge in [0.15, 0.2) is 0 Å². The first-order valence-corrected chi connectivity index (χ1v) is 6.00. The molecule has 0 bridgehead atoms.